The van der Waals surface area contributed by atoms with Crippen LogP contribution in [0.3, 0.4) is 0 Å². The van der Waals surface area contributed by atoms with Gasteiger partial charge < -0.3 is 5.32 Å². The highest BCUT2D eigenvalue weighted by atomic mass is 16.6. The van der Waals surface area contributed by atoms with Crippen molar-refractivity contribution in [2.75, 3.05) is 5.32 Å². The number of unbranched alkanes of at least 4 members (excludes halogenated alkanes) is 2. The molecule has 1 aromatic heterocycles. The van der Waals surface area contributed by atoms with Gasteiger partial charge in [-0.1, -0.05) is 25.8 Å². The molecule has 0 atom stereocenters. The Morgan fingerprint density at radius 2 is 2.13 bits per heavy atom. The first-order chi connectivity index (χ1) is 11.0. The number of nitrogens with one attached hydrogen (secondary N) is 2. The number of hydrogen-bond donors (Lipinski definition) is 2. The lowest BCUT2D eigenvalue weighted by atomic mass is 10.2. The molecule has 2 N–H and O–H groups in total. The zero-order valence-corrected chi connectivity index (χ0v) is 12.7. The number of carbonyl (C=O) groups is 1. The normalized spacial score (nSPS) is 10.5. The van der Waals surface area contributed by atoms with E-state index in [2.05, 4.69) is 17.3 Å². The number of aromatic nitrogens is 2. The largest absolute Gasteiger partial charge is 0.307 e. The van der Waals surface area contributed by atoms with E-state index in [4.69, 9.17) is 0 Å². The summed E-state index contributed by atoms with van der Waals surface area (Å²) >= 11 is 0. The predicted octanol–water partition coefficient (Wildman–Crippen LogP) is 2.53. The van der Waals surface area contributed by atoms with E-state index >= 15 is 0 Å². The molecule has 0 bridgehead atoms. The van der Waals surface area contributed by atoms with Crippen molar-refractivity contribution in [3.63, 3.8) is 0 Å². The molecule has 1 heterocycles. The standard InChI is InChI=1S/C15H18N4O4/c1-2-3-4-8-18-14(20)10-13(17-18)16-15(21)11-6-5-7-12(9-11)19(22)23/h5-7,9-10,17H,2-4,8H2,1H3,(H,16,21). The molecular formula is C15H18N4O4. The Morgan fingerprint density at radius 1 is 1.35 bits per heavy atom. The number of nitrogens with zero attached hydrogens (tertiary/aromatic N) is 2. The van der Waals surface area contributed by atoms with E-state index in [1.54, 1.807) is 0 Å². The van der Waals surface area contributed by atoms with E-state index in [0.29, 0.717) is 6.54 Å². The number of non-ortho nitro benzene ring substituents is 1. The summed E-state index contributed by atoms with van der Waals surface area (Å²) in [5.41, 5.74) is -0.238. The summed E-state index contributed by atoms with van der Waals surface area (Å²) in [6.45, 7) is 2.63. The minimum absolute atomic E-state index is 0.152. The summed E-state index contributed by atoms with van der Waals surface area (Å²) in [5.74, 6) is -0.251. The number of anilines is 1. The molecule has 0 aliphatic heterocycles. The van der Waals surface area contributed by atoms with E-state index in [1.165, 1.54) is 35.0 Å². The smallest absolute Gasteiger partial charge is 0.270 e. The number of amides is 1. The molecule has 0 saturated heterocycles. The van der Waals surface area contributed by atoms with Crippen molar-refractivity contribution in [2.24, 2.45) is 0 Å². The Labute approximate surface area is 132 Å². The summed E-state index contributed by atoms with van der Waals surface area (Å²) < 4.78 is 1.43. The zero-order valence-electron chi connectivity index (χ0n) is 12.7. The molecule has 8 heteroatoms. The molecule has 23 heavy (non-hydrogen) atoms. The molecule has 0 saturated carbocycles. The fraction of sp³-hybridized carbons (Fsp3) is 0.333. The van der Waals surface area contributed by atoms with Crippen LogP contribution in [0.15, 0.2) is 35.1 Å². The molecular weight excluding hydrogens is 300 g/mol. The molecule has 0 aliphatic carbocycles. The molecule has 0 radical (unpaired) electrons. The number of aromatic amines is 1. The van der Waals surface area contributed by atoms with Crippen molar-refractivity contribution in [1.29, 1.82) is 0 Å². The average molecular weight is 318 g/mol. The van der Waals surface area contributed by atoms with Gasteiger partial charge in [0.1, 0.15) is 5.82 Å². The van der Waals surface area contributed by atoms with Crippen molar-refractivity contribution in [1.82, 2.24) is 9.78 Å². The molecule has 0 spiro atoms. The van der Waals surface area contributed by atoms with Gasteiger partial charge in [0, 0.05) is 30.3 Å². The summed E-state index contributed by atoms with van der Waals surface area (Å²) in [4.78, 5) is 34.1. The van der Waals surface area contributed by atoms with Gasteiger partial charge in [0.05, 0.1) is 4.92 Å². The first-order valence-corrected chi connectivity index (χ1v) is 7.37. The van der Waals surface area contributed by atoms with Crippen LogP contribution >= 0.6 is 0 Å². The Kier molecular flexibility index (Phi) is 5.29. The molecule has 2 rings (SSSR count). The minimum atomic E-state index is -0.567. The maximum absolute atomic E-state index is 12.1. The van der Waals surface area contributed by atoms with Crippen LogP contribution in [0, 0.1) is 10.1 Å². The summed E-state index contributed by atoms with van der Waals surface area (Å²) in [7, 11) is 0. The summed E-state index contributed by atoms with van der Waals surface area (Å²) in [6.07, 6.45) is 2.93. The highest BCUT2D eigenvalue weighted by molar-refractivity contribution is 6.04. The number of aryl methyl sites for hydroxylation is 1. The van der Waals surface area contributed by atoms with Crippen LogP contribution in [0.2, 0.25) is 0 Å². The number of H-pyrrole nitrogens is 1. The monoisotopic (exact) mass is 318 g/mol. The lowest BCUT2D eigenvalue weighted by Gasteiger charge is -2.04. The fourth-order valence-electron chi connectivity index (χ4n) is 2.14. The van der Waals surface area contributed by atoms with Crippen molar-refractivity contribution < 1.29 is 9.72 Å². The van der Waals surface area contributed by atoms with Crippen LogP contribution in [-0.4, -0.2) is 20.6 Å². The first kappa shape index (κ1) is 16.5. The molecule has 0 fully saturated rings. The maximum atomic E-state index is 12.1. The molecule has 8 nitrogen and oxygen atoms in total. The average Bonchev–Trinajstić information content (AvgIpc) is 2.87. The van der Waals surface area contributed by atoms with Crippen molar-refractivity contribution in [3.8, 4) is 0 Å². The molecule has 0 unspecified atom stereocenters. The second-order valence-corrected chi connectivity index (χ2v) is 5.13. The van der Waals surface area contributed by atoms with Crippen molar-refractivity contribution in [2.45, 2.75) is 32.7 Å². The van der Waals surface area contributed by atoms with Gasteiger partial charge in [-0.05, 0) is 12.5 Å². The highest BCUT2D eigenvalue weighted by Crippen LogP contribution is 2.14. The Hall–Kier alpha value is -2.90. The van der Waals surface area contributed by atoms with Gasteiger partial charge in [-0.25, -0.2) is 0 Å². The highest BCUT2D eigenvalue weighted by Gasteiger charge is 2.13. The number of rotatable bonds is 7. The number of benzene rings is 1. The molecule has 1 amide bonds. The molecule has 1 aromatic carbocycles. The van der Waals surface area contributed by atoms with Gasteiger partial charge >= 0.3 is 0 Å². The maximum Gasteiger partial charge on any atom is 0.270 e. The van der Waals surface area contributed by atoms with E-state index in [1.807, 2.05) is 0 Å². The van der Waals surface area contributed by atoms with Crippen LogP contribution in [0.4, 0.5) is 11.5 Å². The second-order valence-electron chi connectivity index (χ2n) is 5.13. The van der Waals surface area contributed by atoms with Crippen molar-refractivity contribution in [3.05, 3.63) is 56.4 Å². The predicted molar refractivity (Wildman–Crippen MR) is 85.6 cm³/mol. The van der Waals surface area contributed by atoms with Gasteiger partial charge in [-0.3, -0.25) is 29.5 Å². The van der Waals surface area contributed by atoms with Crippen molar-refractivity contribution >= 4 is 17.4 Å². The van der Waals surface area contributed by atoms with Crippen LogP contribution in [0.1, 0.15) is 36.5 Å². The SMILES string of the molecule is CCCCCn1[nH]c(NC(=O)c2cccc([N+](=O)[O-])c2)cc1=O. The van der Waals surface area contributed by atoms with Gasteiger partial charge in [-0.15, -0.1) is 0 Å². The van der Waals surface area contributed by atoms with E-state index < -0.39 is 10.8 Å². The lowest BCUT2D eigenvalue weighted by molar-refractivity contribution is -0.384. The van der Waals surface area contributed by atoms with Gasteiger partial charge in [-0.2, -0.15) is 0 Å². The second kappa shape index (κ2) is 7.39. The Bertz CT molecular complexity index is 763. The number of nitro groups is 1. The van der Waals surface area contributed by atoms with Crippen LogP contribution in [0.25, 0.3) is 0 Å². The number of nitro benzene ring substituents is 1. The topological polar surface area (TPSA) is 110 Å². The third-order valence-corrected chi connectivity index (χ3v) is 3.34. The fourth-order valence-corrected chi connectivity index (χ4v) is 2.14. The molecule has 0 aliphatic rings. The first-order valence-electron chi connectivity index (χ1n) is 7.37. The van der Waals surface area contributed by atoms with E-state index in [-0.39, 0.29) is 22.6 Å². The summed E-state index contributed by atoms with van der Waals surface area (Å²) in [6, 6.07) is 6.69. The van der Waals surface area contributed by atoms with Gasteiger partial charge in [0.25, 0.3) is 17.2 Å². The van der Waals surface area contributed by atoms with Crippen LogP contribution in [0.5, 0.6) is 0 Å². The third kappa shape index (κ3) is 4.29. The summed E-state index contributed by atoms with van der Waals surface area (Å²) in [5, 5.41) is 16.1. The molecule has 122 valence electrons. The third-order valence-electron chi connectivity index (χ3n) is 3.34. The Morgan fingerprint density at radius 3 is 2.83 bits per heavy atom. The van der Waals surface area contributed by atoms with Crippen LogP contribution in [-0.2, 0) is 6.54 Å². The van der Waals surface area contributed by atoms with E-state index in [0.717, 1.165) is 19.3 Å². The van der Waals surface area contributed by atoms with Gasteiger partial charge in [0.15, 0.2) is 0 Å². The minimum Gasteiger partial charge on any atom is -0.307 e. The number of carbonyl (C=O) groups excluding carboxylic acids is 1. The van der Waals surface area contributed by atoms with Gasteiger partial charge in [0.2, 0.25) is 0 Å². The zero-order chi connectivity index (χ0) is 16.8. The quantitative estimate of drug-likeness (QED) is 0.464. The lowest BCUT2D eigenvalue weighted by Crippen LogP contribution is -2.16. The number of hydrogen-bond acceptors (Lipinski definition) is 4. The van der Waals surface area contributed by atoms with Crippen LogP contribution < -0.4 is 10.9 Å². The molecule has 2 aromatic rings. The Balaban J connectivity index is 2.08. The van der Waals surface area contributed by atoms with E-state index in [9.17, 15) is 19.7 Å².